The van der Waals surface area contributed by atoms with Gasteiger partial charge in [0, 0.05) is 37.2 Å². The van der Waals surface area contributed by atoms with E-state index in [1.54, 1.807) is 20.3 Å². The van der Waals surface area contributed by atoms with Crippen LogP contribution in [0.4, 0.5) is 10.2 Å². The van der Waals surface area contributed by atoms with Crippen LogP contribution in [-0.4, -0.2) is 48.5 Å². The van der Waals surface area contributed by atoms with Crippen molar-refractivity contribution < 1.29 is 18.6 Å². The minimum absolute atomic E-state index is 0. The molecule has 4 rings (SSSR count). The standard InChI is InChI=1S/C20H21BrFN3O3.ClH/c1-26-7-8-28-18-10-15-14(9-17(18)27-2)19(24-12-23-15)25-6-4-13-3-5-20(21,22)11-16(13)25;/h3,9-12H,4-8H2,1-2H3;1H. The Bertz CT molecular complexity index is 967. The van der Waals surface area contributed by atoms with E-state index in [9.17, 15) is 4.39 Å². The van der Waals surface area contributed by atoms with Crippen molar-refractivity contribution in [2.24, 2.45) is 0 Å². The molecule has 29 heavy (non-hydrogen) atoms. The Morgan fingerprint density at radius 1 is 1.21 bits per heavy atom. The highest BCUT2D eigenvalue weighted by atomic mass is 79.9. The first kappa shape index (κ1) is 21.8. The molecule has 1 aromatic carbocycles. The zero-order chi connectivity index (χ0) is 19.7. The molecule has 1 aliphatic heterocycles. The first-order valence-corrected chi connectivity index (χ1v) is 9.84. The van der Waals surface area contributed by atoms with Gasteiger partial charge in [-0.2, -0.15) is 0 Å². The average Bonchev–Trinajstić information content (AvgIpc) is 3.08. The van der Waals surface area contributed by atoms with Crippen LogP contribution in [0.5, 0.6) is 11.5 Å². The number of allylic oxidation sites excluding steroid dienone is 3. The van der Waals surface area contributed by atoms with Crippen molar-refractivity contribution in [3.05, 3.63) is 41.9 Å². The van der Waals surface area contributed by atoms with Gasteiger partial charge in [-0.3, -0.25) is 0 Å². The summed E-state index contributed by atoms with van der Waals surface area (Å²) in [5, 5.41) is 0.824. The van der Waals surface area contributed by atoms with Crippen LogP contribution in [0, 0.1) is 0 Å². The molecule has 0 bridgehead atoms. The monoisotopic (exact) mass is 485 g/mol. The fraction of sp³-hybridized carbons (Fsp3) is 0.400. The molecule has 1 saturated heterocycles. The van der Waals surface area contributed by atoms with Crippen molar-refractivity contribution in [1.82, 2.24) is 9.97 Å². The number of aromatic nitrogens is 2. The Morgan fingerprint density at radius 3 is 2.79 bits per heavy atom. The van der Waals surface area contributed by atoms with E-state index in [1.165, 1.54) is 6.33 Å². The number of anilines is 1. The summed E-state index contributed by atoms with van der Waals surface area (Å²) < 4.78 is 29.3. The van der Waals surface area contributed by atoms with Crippen LogP contribution in [0.15, 0.2) is 41.9 Å². The quantitative estimate of drug-likeness (QED) is 0.440. The summed E-state index contributed by atoms with van der Waals surface area (Å²) in [6, 6.07) is 3.70. The minimum Gasteiger partial charge on any atom is -0.493 e. The van der Waals surface area contributed by atoms with Crippen LogP contribution in [0.2, 0.25) is 0 Å². The first-order chi connectivity index (χ1) is 13.5. The number of fused-ring (bicyclic) bond motifs is 2. The Morgan fingerprint density at radius 2 is 2.03 bits per heavy atom. The molecule has 6 nitrogen and oxygen atoms in total. The van der Waals surface area contributed by atoms with Gasteiger partial charge in [0.2, 0.25) is 0 Å². The number of rotatable bonds is 6. The summed E-state index contributed by atoms with van der Waals surface area (Å²) in [7, 11) is 3.22. The maximum absolute atomic E-state index is 14.5. The number of nitrogens with zero attached hydrogens (tertiary/aromatic N) is 3. The minimum atomic E-state index is -1.53. The Hall–Kier alpha value is -1.90. The zero-order valence-corrected chi connectivity index (χ0v) is 18.6. The summed E-state index contributed by atoms with van der Waals surface area (Å²) in [4.78, 5) is 10.9. The number of alkyl halides is 2. The molecule has 0 N–H and O–H groups in total. The molecular formula is C20H22BrClFN3O3. The van der Waals surface area contributed by atoms with E-state index >= 15 is 0 Å². The van der Waals surface area contributed by atoms with Gasteiger partial charge in [-0.05, 0) is 40.1 Å². The van der Waals surface area contributed by atoms with Crippen LogP contribution in [0.3, 0.4) is 0 Å². The van der Waals surface area contributed by atoms with Gasteiger partial charge in [-0.25, -0.2) is 14.4 Å². The molecule has 0 spiro atoms. The van der Waals surface area contributed by atoms with Gasteiger partial charge in [-0.1, -0.05) is 6.08 Å². The third-order valence-corrected chi connectivity index (χ3v) is 5.45. The molecule has 0 amide bonds. The van der Waals surface area contributed by atoms with Crippen LogP contribution >= 0.6 is 28.3 Å². The average molecular weight is 487 g/mol. The van der Waals surface area contributed by atoms with Gasteiger partial charge in [-0.15, -0.1) is 12.4 Å². The number of hydrogen-bond acceptors (Lipinski definition) is 6. The van der Waals surface area contributed by atoms with E-state index in [-0.39, 0.29) is 12.4 Å². The Labute approximate surface area is 183 Å². The van der Waals surface area contributed by atoms with E-state index in [1.807, 2.05) is 23.1 Å². The van der Waals surface area contributed by atoms with Gasteiger partial charge in [0.1, 0.15) is 18.8 Å². The zero-order valence-electron chi connectivity index (χ0n) is 16.2. The lowest BCUT2D eigenvalue weighted by Crippen LogP contribution is -2.23. The second kappa shape index (κ2) is 8.85. The van der Waals surface area contributed by atoms with E-state index in [0.29, 0.717) is 31.1 Å². The predicted octanol–water partition coefficient (Wildman–Crippen LogP) is 4.57. The highest BCUT2D eigenvalue weighted by molar-refractivity contribution is 9.10. The first-order valence-electron chi connectivity index (χ1n) is 9.04. The second-order valence-electron chi connectivity index (χ2n) is 6.68. The lowest BCUT2D eigenvalue weighted by atomic mass is 10.0. The van der Waals surface area contributed by atoms with Crippen molar-refractivity contribution in [3.63, 3.8) is 0 Å². The van der Waals surface area contributed by atoms with Crippen LogP contribution in [-0.2, 0) is 4.74 Å². The van der Waals surface area contributed by atoms with E-state index in [0.717, 1.165) is 41.0 Å². The van der Waals surface area contributed by atoms with Crippen molar-refractivity contribution in [3.8, 4) is 11.5 Å². The molecule has 9 heteroatoms. The largest absolute Gasteiger partial charge is 0.493 e. The lowest BCUT2D eigenvalue weighted by Gasteiger charge is -2.25. The molecule has 1 unspecified atom stereocenters. The van der Waals surface area contributed by atoms with Crippen molar-refractivity contribution in [2.45, 2.75) is 17.4 Å². The summed E-state index contributed by atoms with van der Waals surface area (Å²) >= 11 is 3.15. The molecule has 1 fully saturated rings. The van der Waals surface area contributed by atoms with Crippen molar-refractivity contribution in [1.29, 1.82) is 0 Å². The van der Waals surface area contributed by atoms with E-state index in [4.69, 9.17) is 14.2 Å². The second-order valence-corrected chi connectivity index (χ2v) is 8.00. The van der Waals surface area contributed by atoms with Crippen molar-refractivity contribution in [2.75, 3.05) is 38.9 Å². The van der Waals surface area contributed by atoms with Gasteiger partial charge in [0.25, 0.3) is 0 Å². The van der Waals surface area contributed by atoms with Gasteiger partial charge >= 0.3 is 0 Å². The predicted molar refractivity (Wildman–Crippen MR) is 116 cm³/mol. The summed E-state index contributed by atoms with van der Waals surface area (Å²) in [6.45, 7) is 1.62. The molecule has 1 aliphatic carbocycles. The molecule has 156 valence electrons. The highest BCUT2D eigenvalue weighted by Crippen LogP contribution is 2.43. The van der Waals surface area contributed by atoms with Gasteiger partial charge in [0.15, 0.2) is 16.1 Å². The SMILES string of the molecule is COCCOc1cc2ncnc(N3CCC4=CCC(F)(Br)C=C43)c2cc1OC.Cl. The number of methoxy groups -OCH3 is 2. The van der Waals surface area contributed by atoms with Crippen molar-refractivity contribution >= 4 is 45.1 Å². The van der Waals surface area contributed by atoms with Gasteiger partial charge in [0.05, 0.1) is 19.2 Å². The third-order valence-electron chi connectivity index (χ3n) is 4.89. The molecule has 0 saturated carbocycles. The molecule has 2 heterocycles. The fourth-order valence-electron chi connectivity index (χ4n) is 3.54. The van der Waals surface area contributed by atoms with Crippen LogP contribution < -0.4 is 14.4 Å². The molecule has 2 aliphatic rings. The summed E-state index contributed by atoms with van der Waals surface area (Å²) in [5.74, 6) is 1.91. The van der Waals surface area contributed by atoms with Crippen LogP contribution in [0.1, 0.15) is 12.8 Å². The molecular weight excluding hydrogens is 465 g/mol. The Balaban J connectivity index is 0.00000240. The molecule has 2 aromatic rings. The summed E-state index contributed by atoms with van der Waals surface area (Å²) in [5.41, 5.74) is 2.73. The number of hydrogen-bond donors (Lipinski definition) is 0. The van der Waals surface area contributed by atoms with Gasteiger partial charge < -0.3 is 19.1 Å². The number of benzene rings is 1. The maximum Gasteiger partial charge on any atom is 0.188 e. The molecule has 0 radical (unpaired) electrons. The number of ether oxygens (including phenoxy) is 3. The lowest BCUT2D eigenvalue weighted by molar-refractivity contribution is 0.144. The molecule has 1 atom stereocenters. The number of halogens is 3. The normalized spacial score (nSPS) is 20.6. The topological polar surface area (TPSA) is 56.7 Å². The summed E-state index contributed by atoms with van der Waals surface area (Å²) in [6.07, 6.45) is 6.29. The molecule has 1 aromatic heterocycles. The Kier molecular flexibility index (Phi) is 6.65. The smallest absolute Gasteiger partial charge is 0.188 e. The third kappa shape index (κ3) is 4.34. The fourth-order valence-corrected chi connectivity index (χ4v) is 3.92. The maximum atomic E-state index is 14.5. The highest BCUT2D eigenvalue weighted by Gasteiger charge is 2.34. The van der Waals surface area contributed by atoms with Crippen LogP contribution in [0.25, 0.3) is 10.9 Å². The van der Waals surface area contributed by atoms with E-state index in [2.05, 4.69) is 25.9 Å². The van der Waals surface area contributed by atoms with E-state index < -0.39 is 4.58 Å².